The average molecular weight is 394 g/mol. The lowest BCUT2D eigenvalue weighted by molar-refractivity contribution is 0.00323. The highest BCUT2D eigenvalue weighted by Crippen LogP contribution is 2.36. The van der Waals surface area contributed by atoms with Gasteiger partial charge in [-0.15, -0.1) is 0 Å². The summed E-state index contributed by atoms with van der Waals surface area (Å²) in [6.45, 7) is 0.982. The van der Waals surface area contributed by atoms with E-state index in [1.165, 1.54) is 7.11 Å². The fraction of sp³-hybridized carbons (Fsp3) is 0.391. The first-order valence-corrected chi connectivity index (χ1v) is 10.1. The van der Waals surface area contributed by atoms with Crippen molar-refractivity contribution < 1.29 is 19.1 Å². The van der Waals surface area contributed by atoms with E-state index in [0.29, 0.717) is 26.0 Å². The van der Waals surface area contributed by atoms with Gasteiger partial charge in [0.25, 0.3) is 0 Å². The first kappa shape index (κ1) is 19.3. The van der Waals surface area contributed by atoms with Crippen LogP contribution in [0.4, 0.5) is 9.59 Å². The lowest BCUT2D eigenvalue weighted by Gasteiger charge is -2.51. The number of alkyl carbamates (subject to hydrolysis) is 1. The minimum Gasteiger partial charge on any atom is -0.453 e. The maximum absolute atomic E-state index is 12.5. The summed E-state index contributed by atoms with van der Waals surface area (Å²) in [6.07, 6.45) is 2.18. The molecule has 0 aromatic heterocycles. The molecule has 0 unspecified atom stereocenters. The van der Waals surface area contributed by atoms with E-state index in [1.54, 1.807) is 4.90 Å². The highest BCUT2D eigenvalue weighted by atomic mass is 16.6. The molecular weight excluding hydrogens is 368 g/mol. The third-order valence-electron chi connectivity index (χ3n) is 6.04. The zero-order valence-corrected chi connectivity index (χ0v) is 16.6. The maximum Gasteiger partial charge on any atom is 0.409 e. The van der Waals surface area contributed by atoms with E-state index in [0.717, 1.165) is 29.5 Å². The van der Waals surface area contributed by atoms with Crippen molar-refractivity contribution in [2.24, 2.45) is 0 Å². The number of piperidine rings is 1. The molecule has 6 nitrogen and oxygen atoms in total. The van der Waals surface area contributed by atoms with Crippen LogP contribution in [0.1, 0.15) is 24.8 Å². The number of cyclic esters (lactones) is 1. The minimum atomic E-state index is -0.496. The Balaban J connectivity index is 1.67. The molecule has 1 N–H and O–H groups in total. The van der Waals surface area contributed by atoms with Crippen LogP contribution in [0.3, 0.4) is 0 Å². The third-order valence-corrected chi connectivity index (χ3v) is 6.04. The van der Waals surface area contributed by atoms with Crippen LogP contribution >= 0.6 is 0 Å². The van der Waals surface area contributed by atoms with Gasteiger partial charge in [0, 0.05) is 13.0 Å². The lowest BCUT2D eigenvalue weighted by Crippen LogP contribution is -2.68. The predicted octanol–water partition coefficient (Wildman–Crippen LogP) is 4.00. The van der Waals surface area contributed by atoms with Gasteiger partial charge >= 0.3 is 12.2 Å². The number of hydrogen-bond acceptors (Lipinski definition) is 4. The standard InChI is InChI=1S/C23H26N2O4/c1-28-22(27)25-13-6-11-23(12-14-29-21(26)24-23)20(25)16-17-7-5-10-19(15-17)18-8-3-2-4-9-18/h2-5,7-10,15,20H,6,11-14,16H2,1H3,(H,24,26)/t20-,23-/m0/s1. The van der Waals surface area contributed by atoms with Crippen molar-refractivity contribution in [2.45, 2.75) is 37.3 Å². The molecule has 2 fully saturated rings. The Kier molecular flexibility index (Phi) is 5.43. The van der Waals surface area contributed by atoms with Gasteiger partial charge in [0.15, 0.2) is 0 Å². The van der Waals surface area contributed by atoms with E-state index in [1.807, 2.05) is 24.3 Å². The Hall–Kier alpha value is -3.02. The van der Waals surface area contributed by atoms with Crippen LogP contribution in [0.2, 0.25) is 0 Å². The van der Waals surface area contributed by atoms with E-state index >= 15 is 0 Å². The summed E-state index contributed by atoms with van der Waals surface area (Å²) < 4.78 is 10.2. The summed E-state index contributed by atoms with van der Waals surface area (Å²) in [5, 5.41) is 3.05. The highest BCUT2D eigenvalue weighted by Gasteiger charge is 2.49. The van der Waals surface area contributed by atoms with E-state index in [-0.39, 0.29) is 12.1 Å². The van der Waals surface area contributed by atoms with Gasteiger partial charge in [-0.2, -0.15) is 0 Å². The number of nitrogens with zero attached hydrogens (tertiary/aromatic N) is 1. The van der Waals surface area contributed by atoms with Crippen LogP contribution in [-0.2, 0) is 15.9 Å². The molecule has 2 amide bonds. The minimum absolute atomic E-state index is 0.192. The number of carbonyl (C=O) groups excluding carboxylic acids is 2. The molecule has 0 radical (unpaired) electrons. The second-order valence-electron chi connectivity index (χ2n) is 7.72. The van der Waals surface area contributed by atoms with Gasteiger partial charge in [-0.3, -0.25) is 0 Å². The van der Waals surface area contributed by atoms with E-state index in [9.17, 15) is 9.59 Å². The summed E-state index contributed by atoms with van der Waals surface area (Å²) in [6, 6.07) is 18.4. The second-order valence-corrected chi connectivity index (χ2v) is 7.72. The maximum atomic E-state index is 12.5. The molecule has 1 spiro atoms. The van der Waals surface area contributed by atoms with E-state index in [4.69, 9.17) is 9.47 Å². The molecule has 4 rings (SSSR count). The van der Waals surface area contributed by atoms with Gasteiger partial charge in [-0.25, -0.2) is 9.59 Å². The van der Waals surface area contributed by atoms with Crippen LogP contribution < -0.4 is 5.32 Å². The van der Waals surface area contributed by atoms with Gasteiger partial charge < -0.3 is 19.7 Å². The molecule has 2 heterocycles. The smallest absolute Gasteiger partial charge is 0.409 e. The zero-order chi connectivity index (χ0) is 20.3. The number of ether oxygens (including phenoxy) is 2. The molecule has 152 valence electrons. The molecule has 0 aliphatic carbocycles. The van der Waals surface area contributed by atoms with Crippen molar-refractivity contribution in [3.05, 3.63) is 60.2 Å². The first-order chi connectivity index (χ1) is 14.1. The molecule has 29 heavy (non-hydrogen) atoms. The fourth-order valence-corrected chi connectivity index (χ4v) is 4.62. The van der Waals surface area contributed by atoms with Gasteiger partial charge in [-0.05, 0) is 36.0 Å². The van der Waals surface area contributed by atoms with Crippen molar-refractivity contribution in [1.29, 1.82) is 0 Å². The molecule has 0 saturated carbocycles. The SMILES string of the molecule is COC(=O)N1CCC[C@]2(CCOC(=O)N2)[C@@H]1Cc1cccc(-c2ccccc2)c1. The number of methoxy groups -OCH3 is 1. The summed E-state index contributed by atoms with van der Waals surface area (Å²) in [5.41, 5.74) is 2.91. The van der Waals surface area contributed by atoms with Crippen LogP contribution in [-0.4, -0.2) is 48.9 Å². The average Bonchev–Trinajstić information content (AvgIpc) is 2.75. The molecule has 2 aliphatic rings. The van der Waals surface area contributed by atoms with Crippen LogP contribution in [0.15, 0.2) is 54.6 Å². The quantitative estimate of drug-likeness (QED) is 0.855. The van der Waals surface area contributed by atoms with E-state index < -0.39 is 11.6 Å². The van der Waals surface area contributed by atoms with Crippen LogP contribution in [0, 0.1) is 0 Å². The van der Waals surface area contributed by atoms with Crippen molar-refractivity contribution in [1.82, 2.24) is 10.2 Å². The van der Waals surface area contributed by atoms with Crippen molar-refractivity contribution in [3.63, 3.8) is 0 Å². The molecule has 2 saturated heterocycles. The fourth-order valence-electron chi connectivity index (χ4n) is 4.62. The Bertz CT molecular complexity index is 881. The van der Waals surface area contributed by atoms with E-state index in [2.05, 4.69) is 35.6 Å². The van der Waals surface area contributed by atoms with Crippen LogP contribution in [0.5, 0.6) is 0 Å². The van der Waals surface area contributed by atoms with Gasteiger partial charge in [0.2, 0.25) is 0 Å². The highest BCUT2D eigenvalue weighted by molar-refractivity contribution is 5.71. The number of likely N-dealkylation sites (tertiary alicyclic amines) is 1. The predicted molar refractivity (Wildman–Crippen MR) is 110 cm³/mol. The molecule has 2 aromatic rings. The van der Waals surface area contributed by atoms with Gasteiger partial charge in [0.05, 0.1) is 25.3 Å². The van der Waals surface area contributed by atoms with Gasteiger partial charge in [0.1, 0.15) is 0 Å². The zero-order valence-electron chi connectivity index (χ0n) is 16.6. The number of amides is 2. The summed E-state index contributed by atoms with van der Waals surface area (Å²) in [4.78, 5) is 26.3. The molecular formula is C23H26N2O4. The number of nitrogens with one attached hydrogen (secondary N) is 1. The lowest BCUT2D eigenvalue weighted by atomic mass is 9.75. The summed E-state index contributed by atoms with van der Waals surface area (Å²) in [5.74, 6) is 0. The van der Waals surface area contributed by atoms with Crippen molar-refractivity contribution in [2.75, 3.05) is 20.3 Å². The Morgan fingerprint density at radius 1 is 1.17 bits per heavy atom. The topological polar surface area (TPSA) is 67.9 Å². The normalized spacial score (nSPS) is 24.0. The summed E-state index contributed by atoms with van der Waals surface area (Å²) in [7, 11) is 1.40. The number of rotatable bonds is 3. The summed E-state index contributed by atoms with van der Waals surface area (Å²) >= 11 is 0. The molecule has 0 bridgehead atoms. The second kappa shape index (κ2) is 8.15. The third kappa shape index (κ3) is 3.92. The largest absolute Gasteiger partial charge is 0.453 e. The Morgan fingerprint density at radius 2 is 1.97 bits per heavy atom. The monoisotopic (exact) mass is 394 g/mol. The Labute approximate surface area is 170 Å². The first-order valence-electron chi connectivity index (χ1n) is 10.1. The molecule has 2 atom stereocenters. The van der Waals surface area contributed by atoms with Crippen molar-refractivity contribution >= 4 is 12.2 Å². The molecule has 6 heteroatoms. The molecule has 2 aromatic carbocycles. The van der Waals surface area contributed by atoms with Crippen LogP contribution in [0.25, 0.3) is 11.1 Å². The molecule has 2 aliphatic heterocycles. The Morgan fingerprint density at radius 3 is 2.72 bits per heavy atom. The number of carbonyl (C=O) groups is 2. The van der Waals surface area contributed by atoms with Crippen molar-refractivity contribution in [3.8, 4) is 11.1 Å². The van der Waals surface area contributed by atoms with Gasteiger partial charge in [-0.1, -0.05) is 54.6 Å². The number of hydrogen-bond donors (Lipinski definition) is 1. The number of benzene rings is 2.